The summed E-state index contributed by atoms with van der Waals surface area (Å²) in [5.41, 5.74) is 16.5. The van der Waals surface area contributed by atoms with Crippen LogP contribution in [0.1, 0.15) is 25.0 Å². The van der Waals surface area contributed by atoms with Gasteiger partial charge in [-0.15, -0.1) is 0 Å². The van der Waals surface area contributed by atoms with E-state index >= 15 is 0 Å². The zero-order valence-corrected chi connectivity index (χ0v) is 30.8. The van der Waals surface area contributed by atoms with Crippen LogP contribution in [-0.2, 0) is 5.41 Å². The third-order valence-corrected chi connectivity index (χ3v) is 13.7. The number of para-hydroxylation sites is 1. The van der Waals surface area contributed by atoms with Gasteiger partial charge in [-0.25, -0.2) is 0 Å². The molecule has 252 valence electrons. The third-order valence-electron chi connectivity index (χ3n) is 11.2. The van der Waals surface area contributed by atoms with Crippen LogP contribution in [0.4, 0.5) is 17.1 Å². The fourth-order valence-electron chi connectivity index (χ4n) is 8.69. The van der Waals surface area contributed by atoms with Crippen LogP contribution in [-0.4, -0.2) is 0 Å². The number of nitrogens with zero attached hydrogens (tertiary/aromatic N) is 1. The van der Waals surface area contributed by atoms with E-state index in [1.807, 2.05) is 0 Å². The molecule has 8 aromatic rings. The summed E-state index contributed by atoms with van der Waals surface area (Å²) in [6.07, 6.45) is 0. The zero-order chi connectivity index (χ0) is 35.5. The molecule has 10 rings (SSSR count). The highest BCUT2D eigenvalue weighted by atomic mass is 31.1. The molecule has 0 aromatic heterocycles. The minimum Gasteiger partial charge on any atom is -0.308 e. The molecule has 1 unspecified atom stereocenters. The molecule has 2 heteroatoms. The van der Waals surface area contributed by atoms with E-state index in [-0.39, 0.29) is 5.41 Å². The number of benzene rings is 8. The Balaban J connectivity index is 1.35. The summed E-state index contributed by atoms with van der Waals surface area (Å²) in [5.74, 6) is 0. The summed E-state index contributed by atoms with van der Waals surface area (Å²) < 4.78 is 0. The maximum Gasteiger partial charge on any atom is 0.0630 e. The molecule has 0 N–H and O–H groups in total. The van der Waals surface area contributed by atoms with Gasteiger partial charge in [0.05, 0.1) is 11.4 Å². The van der Waals surface area contributed by atoms with Crippen molar-refractivity contribution >= 4 is 40.9 Å². The molecule has 1 aliphatic carbocycles. The lowest BCUT2D eigenvalue weighted by molar-refractivity contribution is 0.661. The molecule has 1 atom stereocenters. The van der Waals surface area contributed by atoms with Crippen LogP contribution in [0.15, 0.2) is 194 Å². The number of anilines is 3. The maximum absolute atomic E-state index is 2.58. The molecule has 53 heavy (non-hydrogen) atoms. The minimum atomic E-state index is -0.965. The standard InChI is InChI=1S/C51H38NP/c1-51(2)44-30-18-17-29-42(44)48-45(51)34-43(36-21-9-4-10-22-36)49-50(48)53(39-25-13-6-14-26-39)47-32-31-37(33-46(47)52(49)38-23-11-5-12-24-38)41-28-16-15-27-40(41)35-19-7-3-8-20-35/h3-34H,1-2H3. The molecule has 0 amide bonds. The highest BCUT2D eigenvalue weighted by Gasteiger charge is 2.44. The largest absolute Gasteiger partial charge is 0.308 e. The molecular weight excluding hydrogens is 658 g/mol. The van der Waals surface area contributed by atoms with E-state index in [1.165, 1.54) is 82.9 Å². The number of hydrogen-bond acceptors (Lipinski definition) is 1. The Morgan fingerprint density at radius 3 is 1.62 bits per heavy atom. The van der Waals surface area contributed by atoms with Crippen molar-refractivity contribution in [1.29, 1.82) is 0 Å². The van der Waals surface area contributed by atoms with E-state index in [0.717, 1.165) is 5.69 Å². The lowest BCUT2D eigenvalue weighted by atomic mass is 9.81. The lowest BCUT2D eigenvalue weighted by Gasteiger charge is -2.41. The van der Waals surface area contributed by atoms with Gasteiger partial charge >= 0.3 is 0 Å². The summed E-state index contributed by atoms with van der Waals surface area (Å²) in [5, 5.41) is 4.18. The normalized spacial score (nSPS) is 14.9. The van der Waals surface area contributed by atoms with Crippen LogP contribution in [0.3, 0.4) is 0 Å². The quantitative estimate of drug-likeness (QED) is 0.162. The topological polar surface area (TPSA) is 3.24 Å². The lowest BCUT2D eigenvalue weighted by Crippen LogP contribution is -2.36. The Hall–Kier alpha value is -6.01. The second-order valence-electron chi connectivity index (χ2n) is 14.5. The van der Waals surface area contributed by atoms with E-state index in [4.69, 9.17) is 0 Å². The average molecular weight is 696 g/mol. The molecule has 0 spiro atoms. The third kappa shape index (κ3) is 5.03. The first-order valence-electron chi connectivity index (χ1n) is 18.5. The fraction of sp³-hybridized carbons (Fsp3) is 0.0588. The van der Waals surface area contributed by atoms with Crippen LogP contribution < -0.4 is 20.8 Å². The number of fused-ring (bicyclic) bond motifs is 6. The summed E-state index contributed by atoms with van der Waals surface area (Å²) in [6, 6.07) is 71.9. The summed E-state index contributed by atoms with van der Waals surface area (Å²) in [7, 11) is -0.965. The van der Waals surface area contributed by atoms with Crippen LogP contribution >= 0.6 is 7.92 Å². The molecular formula is C51H38NP. The van der Waals surface area contributed by atoms with Crippen molar-refractivity contribution < 1.29 is 0 Å². The Bertz CT molecular complexity index is 2630. The van der Waals surface area contributed by atoms with Gasteiger partial charge in [-0.05, 0) is 87.6 Å². The highest BCUT2D eigenvalue weighted by Crippen LogP contribution is 2.59. The monoisotopic (exact) mass is 695 g/mol. The van der Waals surface area contributed by atoms with E-state index < -0.39 is 7.92 Å². The average Bonchev–Trinajstić information content (AvgIpc) is 3.46. The van der Waals surface area contributed by atoms with Gasteiger partial charge in [-0.3, -0.25) is 0 Å². The first-order chi connectivity index (χ1) is 26.1. The van der Waals surface area contributed by atoms with Crippen LogP contribution in [0.25, 0.3) is 44.5 Å². The van der Waals surface area contributed by atoms with E-state index in [9.17, 15) is 0 Å². The molecule has 0 saturated heterocycles. The van der Waals surface area contributed by atoms with Gasteiger partial charge in [0, 0.05) is 27.3 Å². The predicted molar refractivity (Wildman–Crippen MR) is 227 cm³/mol. The first-order valence-corrected chi connectivity index (χ1v) is 19.8. The van der Waals surface area contributed by atoms with Gasteiger partial charge in [-0.1, -0.05) is 184 Å². The SMILES string of the molecule is CC1(C)c2ccccc2-c2c1cc(-c1ccccc1)c1c2P(c2ccccc2)c2ccc(-c3ccccc3-c3ccccc3)cc2N1c1ccccc1. The van der Waals surface area contributed by atoms with E-state index in [1.54, 1.807) is 0 Å². The smallest absolute Gasteiger partial charge is 0.0630 e. The van der Waals surface area contributed by atoms with Gasteiger partial charge in [0.25, 0.3) is 0 Å². The molecule has 0 bridgehead atoms. The highest BCUT2D eigenvalue weighted by molar-refractivity contribution is 7.80. The van der Waals surface area contributed by atoms with Crippen LogP contribution in [0.2, 0.25) is 0 Å². The number of rotatable bonds is 5. The molecule has 1 aliphatic heterocycles. The van der Waals surface area contributed by atoms with Crippen molar-refractivity contribution in [3.05, 3.63) is 205 Å². The summed E-state index contributed by atoms with van der Waals surface area (Å²) >= 11 is 0. The Labute approximate surface area is 313 Å². The van der Waals surface area contributed by atoms with E-state index in [0.29, 0.717) is 0 Å². The molecule has 0 saturated carbocycles. The van der Waals surface area contributed by atoms with Gasteiger partial charge in [0.15, 0.2) is 0 Å². The summed E-state index contributed by atoms with van der Waals surface area (Å²) in [6.45, 7) is 4.82. The molecule has 0 fully saturated rings. The van der Waals surface area contributed by atoms with Crippen LogP contribution in [0, 0.1) is 0 Å². The molecule has 1 heterocycles. The van der Waals surface area contributed by atoms with Crippen molar-refractivity contribution in [2.75, 3.05) is 4.90 Å². The minimum absolute atomic E-state index is 0.148. The summed E-state index contributed by atoms with van der Waals surface area (Å²) in [4.78, 5) is 2.58. The van der Waals surface area contributed by atoms with Crippen molar-refractivity contribution in [1.82, 2.24) is 0 Å². The second-order valence-corrected chi connectivity index (χ2v) is 16.7. The van der Waals surface area contributed by atoms with Gasteiger partial charge in [0.1, 0.15) is 0 Å². The maximum atomic E-state index is 2.58. The molecule has 1 nitrogen and oxygen atoms in total. The Morgan fingerprint density at radius 2 is 0.962 bits per heavy atom. The predicted octanol–water partition coefficient (Wildman–Crippen LogP) is 12.5. The Morgan fingerprint density at radius 1 is 0.434 bits per heavy atom. The first kappa shape index (κ1) is 31.7. The van der Waals surface area contributed by atoms with Crippen LogP contribution in [0.5, 0.6) is 0 Å². The second kappa shape index (κ2) is 12.6. The van der Waals surface area contributed by atoms with Gasteiger partial charge in [-0.2, -0.15) is 0 Å². The van der Waals surface area contributed by atoms with Gasteiger partial charge in [0.2, 0.25) is 0 Å². The molecule has 0 radical (unpaired) electrons. The van der Waals surface area contributed by atoms with Crippen molar-refractivity contribution in [3.63, 3.8) is 0 Å². The van der Waals surface area contributed by atoms with Crippen molar-refractivity contribution in [2.45, 2.75) is 19.3 Å². The van der Waals surface area contributed by atoms with Crippen molar-refractivity contribution in [2.24, 2.45) is 0 Å². The van der Waals surface area contributed by atoms with Gasteiger partial charge < -0.3 is 4.90 Å². The van der Waals surface area contributed by atoms with Crippen molar-refractivity contribution in [3.8, 4) is 44.5 Å². The Kier molecular flexibility index (Phi) is 7.53. The zero-order valence-electron chi connectivity index (χ0n) is 29.9. The fourth-order valence-corrected chi connectivity index (χ4v) is 11.5. The molecule has 8 aromatic carbocycles. The van der Waals surface area contributed by atoms with E-state index in [2.05, 4.69) is 213 Å². The number of hydrogen-bond donors (Lipinski definition) is 0. The molecule has 2 aliphatic rings.